The molecule has 2 amide bonds. The van der Waals surface area contributed by atoms with Crippen molar-refractivity contribution in [1.82, 2.24) is 19.7 Å². The average Bonchev–Trinajstić information content (AvgIpc) is 3.13. The smallest absolute Gasteiger partial charge is 0.324 e. The predicted octanol–water partition coefficient (Wildman–Crippen LogP) is 2.93. The molecule has 0 radical (unpaired) electrons. The summed E-state index contributed by atoms with van der Waals surface area (Å²) >= 11 is 0. The van der Waals surface area contributed by atoms with Crippen molar-refractivity contribution in [2.24, 2.45) is 0 Å². The van der Waals surface area contributed by atoms with Crippen molar-refractivity contribution in [3.8, 4) is 11.5 Å². The van der Waals surface area contributed by atoms with Gasteiger partial charge in [-0.2, -0.15) is 0 Å². The third-order valence-corrected chi connectivity index (χ3v) is 3.85. The van der Waals surface area contributed by atoms with E-state index in [1.165, 1.54) is 0 Å². The molecule has 0 aliphatic carbocycles. The van der Waals surface area contributed by atoms with E-state index < -0.39 is 0 Å². The van der Waals surface area contributed by atoms with E-state index in [1.807, 2.05) is 29.7 Å². The summed E-state index contributed by atoms with van der Waals surface area (Å²) in [4.78, 5) is 16.6. The molecular formula is C18H20N6O2. The zero-order chi connectivity index (χ0) is 18.4. The Morgan fingerprint density at radius 2 is 1.96 bits per heavy atom. The van der Waals surface area contributed by atoms with Gasteiger partial charge in [-0.25, -0.2) is 9.78 Å². The minimum atomic E-state index is -0.379. The molecule has 0 fully saturated rings. The lowest BCUT2D eigenvalue weighted by Crippen LogP contribution is -2.20. The lowest BCUT2D eigenvalue weighted by molar-refractivity contribution is 0.261. The van der Waals surface area contributed by atoms with Crippen LogP contribution in [0.1, 0.15) is 19.4 Å². The van der Waals surface area contributed by atoms with Crippen LogP contribution in [0.3, 0.4) is 0 Å². The number of nitrogens with zero attached hydrogens (tertiary/aromatic N) is 4. The Balaban J connectivity index is 1.75. The number of anilines is 2. The minimum Gasteiger partial charge on any atom is -0.396 e. The summed E-state index contributed by atoms with van der Waals surface area (Å²) in [6.45, 7) is 2.05. The highest BCUT2D eigenvalue weighted by Gasteiger charge is 2.14. The molecule has 0 aliphatic rings. The molecule has 3 N–H and O–H groups in total. The summed E-state index contributed by atoms with van der Waals surface area (Å²) in [6.07, 6.45) is 2.20. The molecule has 2 aromatic heterocycles. The molecule has 0 aliphatic heterocycles. The van der Waals surface area contributed by atoms with Crippen LogP contribution >= 0.6 is 0 Å². The molecule has 8 nitrogen and oxygen atoms in total. The number of pyridine rings is 1. The third-order valence-electron chi connectivity index (χ3n) is 3.85. The average molecular weight is 352 g/mol. The van der Waals surface area contributed by atoms with Gasteiger partial charge in [-0.3, -0.25) is 5.32 Å². The molecule has 3 aromatic rings. The van der Waals surface area contributed by atoms with Crippen LogP contribution in [0.2, 0.25) is 0 Å². The van der Waals surface area contributed by atoms with Crippen molar-refractivity contribution >= 4 is 17.5 Å². The molecule has 3 rings (SSSR count). The van der Waals surface area contributed by atoms with Gasteiger partial charge in [0.05, 0.1) is 0 Å². The lowest BCUT2D eigenvalue weighted by Gasteiger charge is -2.14. The molecule has 26 heavy (non-hydrogen) atoms. The Labute approximate surface area is 150 Å². The zero-order valence-corrected chi connectivity index (χ0v) is 14.3. The first-order valence-corrected chi connectivity index (χ1v) is 8.28. The summed E-state index contributed by atoms with van der Waals surface area (Å²) < 4.78 is 1.85. The molecule has 1 atom stereocenters. The van der Waals surface area contributed by atoms with E-state index in [9.17, 15) is 4.79 Å². The van der Waals surface area contributed by atoms with E-state index in [2.05, 4.69) is 25.8 Å². The number of nitrogens with one attached hydrogen (secondary N) is 2. The summed E-state index contributed by atoms with van der Waals surface area (Å²) in [6, 6.07) is 14.1. The first-order valence-electron chi connectivity index (χ1n) is 8.28. The van der Waals surface area contributed by atoms with Gasteiger partial charge in [-0.05, 0) is 37.6 Å². The van der Waals surface area contributed by atoms with Gasteiger partial charge in [0.2, 0.25) is 0 Å². The number of hydrogen-bond acceptors (Lipinski definition) is 5. The Kier molecular flexibility index (Phi) is 5.55. The maximum Gasteiger partial charge on any atom is 0.324 e. The van der Waals surface area contributed by atoms with Gasteiger partial charge in [-0.15, -0.1) is 10.2 Å². The Morgan fingerprint density at radius 3 is 2.73 bits per heavy atom. The second-order valence-electron chi connectivity index (χ2n) is 5.78. The number of carbonyl (C=O) groups is 1. The fraction of sp³-hybridized carbons (Fsp3) is 0.222. The number of aliphatic hydroxyl groups excluding tert-OH is 1. The Morgan fingerprint density at radius 1 is 1.15 bits per heavy atom. The number of amides is 2. The van der Waals surface area contributed by atoms with Crippen LogP contribution in [0.15, 0.2) is 54.9 Å². The molecule has 1 aromatic carbocycles. The summed E-state index contributed by atoms with van der Waals surface area (Å²) in [5.74, 6) is 0.985. The first kappa shape index (κ1) is 17.6. The molecule has 8 heteroatoms. The van der Waals surface area contributed by atoms with Crippen molar-refractivity contribution in [2.45, 2.75) is 19.4 Å². The molecular weight excluding hydrogens is 332 g/mol. The number of hydrogen-bond donors (Lipinski definition) is 3. The van der Waals surface area contributed by atoms with E-state index in [0.717, 1.165) is 0 Å². The van der Waals surface area contributed by atoms with Crippen LogP contribution in [0, 0.1) is 0 Å². The number of carbonyl (C=O) groups excluding carboxylic acids is 1. The van der Waals surface area contributed by atoms with E-state index in [1.54, 1.807) is 36.7 Å². The quantitative estimate of drug-likeness (QED) is 0.632. The van der Waals surface area contributed by atoms with E-state index in [0.29, 0.717) is 29.4 Å². The van der Waals surface area contributed by atoms with E-state index in [-0.39, 0.29) is 18.7 Å². The van der Waals surface area contributed by atoms with Crippen LogP contribution in [-0.4, -0.2) is 37.5 Å². The summed E-state index contributed by atoms with van der Waals surface area (Å²) in [7, 11) is 0. The fourth-order valence-corrected chi connectivity index (χ4v) is 2.50. The van der Waals surface area contributed by atoms with Gasteiger partial charge in [0.15, 0.2) is 5.82 Å². The van der Waals surface area contributed by atoms with Crippen molar-refractivity contribution in [2.75, 3.05) is 17.2 Å². The fourth-order valence-electron chi connectivity index (χ4n) is 2.50. The predicted molar refractivity (Wildman–Crippen MR) is 98.8 cm³/mol. The standard InChI is InChI=1S/C18H20N6O2/c1-13(10-11-25)24-12-19-23-17(24)15-8-5-9-16(21-15)22-18(26)20-14-6-3-2-4-7-14/h2-9,12-13,25H,10-11H2,1H3,(H2,20,21,22,26)/t13-/m1/s1. The maximum atomic E-state index is 12.1. The van der Waals surface area contributed by atoms with Crippen LogP contribution in [0.4, 0.5) is 16.3 Å². The number of aromatic nitrogens is 4. The number of benzene rings is 1. The highest BCUT2D eigenvalue weighted by Crippen LogP contribution is 2.21. The van der Waals surface area contributed by atoms with Gasteiger partial charge in [0, 0.05) is 18.3 Å². The van der Waals surface area contributed by atoms with Gasteiger partial charge >= 0.3 is 6.03 Å². The van der Waals surface area contributed by atoms with E-state index in [4.69, 9.17) is 5.11 Å². The van der Waals surface area contributed by atoms with Crippen molar-refractivity contribution < 1.29 is 9.90 Å². The summed E-state index contributed by atoms with van der Waals surface area (Å²) in [5, 5.41) is 22.6. The van der Waals surface area contributed by atoms with Crippen molar-refractivity contribution in [3.05, 3.63) is 54.9 Å². The Hall–Kier alpha value is -3.26. The van der Waals surface area contributed by atoms with E-state index >= 15 is 0 Å². The number of para-hydroxylation sites is 1. The van der Waals surface area contributed by atoms with Crippen LogP contribution in [0.25, 0.3) is 11.5 Å². The summed E-state index contributed by atoms with van der Waals surface area (Å²) in [5.41, 5.74) is 1.28. The van der Waals surface area contributed by atoms with Gasteiger partial charge < -0.3 is 15.0 Å². The lowest BCUT2D eigenvalue weighted by atomic mass is 10.2. The van der Waals surface area contributed by atoms with Gasteiger partial charge in [-0.1, -0.05) is 24.3 Å². The molecule has 0 bridgehead atoms. The molecule has 0 saturated carbocycles. The third kappa shape index (κ3) is 4.22. The topological polar surface area (TPSA) is 105 Å². The van der Waals surface area contributed by atoms with Gasteiger partial charge in [0.25, 0.3) is 0 Å². The minimum absolute atomic E-state index is 0.0322. The number of aliphatic hydroxyl groups is 1. The molecule has 2 heterocycles. The monoisotopic (exact) mass is 352 g/mol. The number of urea groups is 1. The second-order valence-corrected chi connectivity index (χ2v) is 5.78. The van der Waals surface area contributed by atoms with Crippen LogP contribution in [0.5, 0.6) is 0 Å². The normalized spacial score (nSPS) is 11.8. The highest BCUT2D eigenvalue weighted by molar-refractivity contribution is 5.99. The zero-order valence-electron chi connectivity index (χ0n) is 14.3. The molecule has 0 spiro atoms. The molecule has 0 saturated heterocycles. The van der Waals surface area contributed by atoms with Gasteiger partial charge in [0.1, 0.15) is 17.8 Å². The second kappa shape index (κ2) is 8.21. The first-order chi connectivity index (χ1) is 12.7. The van der Waals surface area contributed by atoms with Crippen LogP contribution in [-0.2, 0) is 0 Å². The van der Waals surface area contributed by atoms with Crippen LogP contribution < -0.4 is 10.6 Å². The van der Waals surface area contributed by atoms with Crippen molar-refractivity contribution in [3.63, 3.8) is 0 Å². The molecule has 134 valence electrons. The van der Waals surface area contributed by atoms with Crippen molar-refractivity contribution in [1.29, 1.82) is 0 Å². The Bertz CT molecular complexity index is 865. The molecule has 0 unspecified atom stereocenters. The largest absolute Gasteiger partial charge is 0.396 e. The number of rotatable bonds is 6. The highest BCUT2D eigenvalue weighted by atomic mass is 16.3. The SMILES string of the molecule is C[C@H](CCO)n1cnnc1-c1cccc(NC(=O)Nc2ccccc2)n1. The maximum absolute atomic E-state index is 12.1.